The Bertz CT molecular complexity index is 878. The Labute approximate surface area is 171 Å². The maximum Gasteiger partial charge on any atom is 0.247 e. The fourth-order valence-corrected chi connectivity index (χ4v) is 3.06. The van der Waals surface area contributed by atoms with Crippen molar-refractivity contribution in [2.45, 2.75) is 32.6 Å². The third kappa shape index (κ3) is 4.32. The van der Waals surface area contributed by atoms with Crippen LogP contribution < -0.4 is 5.32 Å². The average molecular weight is 483 g/mol. The third-order valence-corrected chi connectivity index (χ3v) is 4.36. The summed E-state index contributed by atoms with van der Waals surface area (Å²) in [5.74, 6) is 2.78. The minimum atomic E-state index is 0.529. The lowest BCUT2D eigenvalue weighted by molar-refractivity contribution is 0.665. The van der Waals surface area contributed by atoms with Gasteiger partial charge in [0.05, 0.1) is 0 Å². The fourth-order valence-electron chi connectivity index (χ4n) is 2.93. The highest BCUT2D eigenvalue weighted by Crippen LogP contribution is 2.30. The summed E-state index contributed by atoms with van der Waals surface area (Å²) >= 11 is 8.13. The van der Waals surface area contributed by atoms with Gasteiger partial charge in [-0.3, -0.25) is 5.10 Å². The van der Waals surface area contributed by atoms with E-state index in [2.05, 4.69) is 43.1 Å². The van der Waals surface area contributed by atoms with Gasteiger partial charge in [-0.15, -0.1) is 5.10 Å². The average Bonchev–Trinajstić information content (AvgIpc) is 3.08. The van der Waals surface area contributed by atoms with Crippen molar-refractivity contribution in [2.24, 2.45) is 0 Å². The molecule has 0 saturated heterocycles. The van der Waals surface area contributed by atoms with Crippen molar-refractivity contribution in [3.63, 3.8) is 0 Å². The molecular formula is C18H20ClIN6. The van der Waals surface area contributed by atoms with Crippen molar-refractivity contribution < 1.29 is 0 Å². The quantitative estimate of drug-likeness (QED) is 0.410. The molecule has 6 nitrogen and oxygen atoms in total. The van der Waals surface area contributed by atoms with Gasteiger partial charge in [0, 0.05) is 21.8 Å². The van der Waals surface area contributed by atoms with Crippen LogP contribution in [0.15, 0.2) is 24.3 Å². The Kier molecular flexibility index (Phi) is 6.42. The Morgan fingerprint density at radius 3 is 2.46 bits per heavy atom. The maximum atomic E-state index is 5.98. The lowest BCUT2D eigenvalue weighted by atomic mass is 9.96. The number of rotatable bonds is 3. The molecule has 0 bridgehead atoms. The van der Waals surface area contributed by atoms with Crippen LogP contribution in [-0.2, 0) is 12.8 Å². The minimum absolute atomic E-state index is 0.529. The molecule has 2 N–H and O–H groups in total. The van der Waals surface area contributed by atoms with E-state index in [4.69, 9.17) is 21.6 Å². The first-order valence-electron chi connectivity index (χ1n) is 8.38. The molecule has 0 fully saturated rings. The second-order valence-electron chi connectivity index (χ2n) is 5.90. The summed E-state index contributed by atoms with van der Waals surface area (Å²) < 4.78 is 0. The van der Waals surface area contributed by atoms with Crippen LogP contribution in [0.2, 0.25) is 5.02 Å². The van der Waals surface area contributed by atoms with E-state index in [0.717, 1.165) is 48.6 Å². The standard InChI is InChI=1S/C17H17ClN6.CH3I/c1-10-19-17(24-23-10)22-16-13-4-2-3-5-14(13)20-15(21-16)11-6-8-12(18)9-7-11;1-2/h6-9H,2-5H2,1H3,(H2,19,20,21,22,23,24);1H3. The van der Waals surface area contributed by atoms with Gasteiger partial charge >= 0.3 is 0 Å². The zero-order valence-corrected chi connectivity index (χ0v) is 17.6. The number of hydrogen-bond donors (Lipinski definition) is 2. The number of aromatic nitrogens is 5. The van der Waals surface area contributed by atoms with Crippen LogP contribution in [0.5, 0.6) is 0 Å². The normalized spacial score (nSPS) is 12.8. The molecule has 26 heavy (non-hydrogen) atoms. The molecule has 1 aliphatic carbocycles. The van der Waals surface area contributed by atoms with E-state index in [0.29, 0.717) is 16.8 Å². The number of aryl methyl sites for hydroxylation is 2. The van der Waals surface area contributed by atoms with Crippen molar-refractivity contribution >= 4 is 46.0 Å². The molecule has 2 aromatic heterocycles. The van der Waals surface area contributed by atoms with Crippen molar-refractivity contribution in [2.75, 3.05) is 10.2 Å². The lowest BCUT2D eigenvalue weighted by Gasteiger charge is -2.19. The van der Waals surface area contributed by atoms with Crippen LogP contribution in [0, 0.1) is 6.92 Å². The van der Waals surface area contributed by atoms with Gasteiger partial charge in [-0.05, 0) is 61.8 Å². The zero-order chi connectivity index (χ0) is 18.5. The molecule has 136 valence electrons. The van der Waals surface area contributed by atoms with Crippen molar-refractivity contribution in [3.05, 3.63) is 46.4 Å². The lowest BCUT2D eigenvalue weighted by Crippen LogP contribution is -2.12. The van der Waals surface area contributed by atoms with Crippen LogP contribution in [0.1, 0.15) is 29.9 Å². The second kappa shape index (κ2) is 8.77. The van der Waals surface area contributed by atoms with Crippen molar-refractivity contribution in [1.82, 2.24) is 25.1 Å². The summed E-state index contributed by atoms with van der Waals surface area (Å²) in [5, 5.41) is 10.9. The first-order chi connectivity index (χ1) is 12.7. The molecule has 2 heterocycles. The van der Waals surface area contributed by atoms with Crippen LogP contribution >= 0.6 is 34.2 Å². The van der Waals surface area contributed by atoms with Gasteiger partial charge in [-0.1, -0.05) is 34.2 Å². The van der Waals surface area contributed by atoms with Gasteiger partial charge in [0.2, 0.25) is 5.95 Å². The van der Waals surface area contributed by atoms with Crippen LogP contribution in [0.4, 0.5) is 11.8 Å². The number of anilines is 2. The van der Waals surface area contributed by atoms with E-state index < -0.39 is 0 Å². The van der Waals surface area contributed by atoms with Gasteiger partial charge in [-0.2, -0.15) is 4.98 Å². The van der Waals surface area contributed by atoms with Crippen molar-refractivity contribution in [3.8, 4) is 11.4 Å². The maximum absolute atomic E-state index is 5.98. The Morgan fingerprint density at radius 2 is 1.77 bits per heavy atom. The number of fused-ring (bicyclic) bond motifs is 1. The molecule has 0 unspecified atom stereocenters. The van der Waals surface area contributed by atoms with E-state index in [9.17, 15) is 0 Å². The smallest absolute Gasteiger partial charge is 0.247 e. The molecule has 8 heteroatoms. The van der Waals surface area contributed by atoms with E-state index >= 15 is 0 Å². The largest absolute Gasteiger partial charge is 0.307 e. The Hall–Kier alpha value is -1.74. The molecule has 1 aliphatic rings. The Morgan fingerprint density at radius 1 is 1.04 bits per heavy atom. The van der Waals surface area contributed by atoms with Gasteiger partial charge in [0.1, 0.15) is 11.6 Å². The molecule has 0 saturated carbocycles. The molecule has 1 aromatic carbocycles. The molecule has 0 atom stereocenters. The Balaban J connectivity index is 0.000000948. The van der Waals surface area contributed by atoms with Gasteiger partial charge < -0.3 is 5.32 Å². The second-order valence-corrected chi connectivity index (χ2v) is 6.34. The number of nitrogens with zero attached hydrogens (tertiary/aromatic N) is 4. The SMILES string of the molecule is CI.Cc1nc(Nc2nc(-c3ccc(Cl)cc3)nc3c2CCCC3)n[nH]1. The molecule has 0 aliphatic heterocycles. The summed E-state index contributed by atoms with van der Waals surface area (Å²) in [6, 6.07) is 7.58. The molecule has 4 rings (SSSR count). The first-order valence-corrected chi connectivity index (χ1v) is 10.9. The number of H-pyrrole nitrogens is 1. The third-order valence-electron chi connectivity index (χ3n) is 4.11. The highest BCUT2D eigenvalue weighted by atomic mass is 127. The van der Waals surface area contributed by atoms with E-state index in [1.807, 2.05) is 36.1 Å². The summed E-state index contributed by atoms with van der Waals surface area (Å²) in [5.41, 5.74) is 3.22. The van der Waals surface area contributed by atoms with Crippen LogP contribution in [0.25, 0.3) is 11.4 Å². The number of alkyl halides is 1. The number of hydrogen-bond acceptors (Lipinski definition) is 5. The van der Waals surface area contributed by atoms with Gasteiger partial charge in [0.15, 0.2) is 5.82 Å². The minimum Gasteiger partial charge on any atom is -0.307 e. The van der Waals surface area contributed by atoms with Crippen LogP contribution in [-0.4, -0.2) is 30.1 Å². The summed E-state index contributed by atoms with van der Waals surface area (Å²) in [6.07, 6.45) is 4.25. The van der Waals surface area contributed by atoms with Crippen molar-refractivity contribution in [1.29, 1.82) is 0 Å². The van der Waals surface area contributed by atoms with Gasteiger partial charge in [-0.25, -0.2) is 9.97 Å². The van der Waals surface area contributed by atoms with Gasteiger partial charge in [0.25, 0.3) is 0 Å². The highest BCUT2D eigenvalue weighted by molar-refractivity contribution is 14.1. The zero-order valence-electron chi connectivity index (χ0n) is 14.7. The monoisotopic (exact) mass is 482 g/mol. The molecular weight excluding hydrogens is 463 g/mol. The summed E-state index contributed by atoms with van der Waals surface area (Å²) in [6.45, 7) is 1.87. The topological polar surface area (TPSA) is 79.4 Å². The number of aromatic amines is 1. The first kappa shape index (κ1) is 19.0. The molecule has 3 aromatic rings. The highest BCUT2D eigenvalue weighted by Gasteiger charge is 2.19. The summed E-state index contributed by atoms with van der Waals surface area (Å²) in [7, 11) is 0. The predicted octanol–water partition coefficient (Wildman–Crippen LogP) is 4.90. The number of halogens is 2. The predicted molar refractivity (Wildman–Crippen MR) is 113 cm³/mol. The number of nitrogens with one attached hydrogen (secondary N) is 2. The summed E-state index contributed by atoms with van der Waals surface area (Å²) in [4.78, 5) is 15.8. The van der Waals surface area contributed by atoms with E-state index in [1.165, 1.54) is 5.56 Å². The number of benzene rings is 1. The molecule has 0 radical (unpaired) electrons. The fraction of sp³-hybridized carbons (Fsp3) is 0.333. The van der Waals surface area contributed by atoms with E-state index in [-0.39, 0.29) is 0 Å². The van der Waals surface area contributed by atoms with Crippen LogP contribution in [0.3, 0.4) is 0 Å². The molecule has 0 amide bonds. The molecule has 0 spiro atoms. The van der Waals surface area contributed by atoms with E-state index in [1.54, 1.807) is 0 Å².